The van der Waals surface area contributed by atoms with Gasteiger partial charge in [0.25, 0.3) is 20.2 Å². The molecule has 0 saturated heterocycles. The summed E-state index contributed by atoms with van der Waals surface area (Å²) in [5.41, 5.74) is 0. The average Bonchev–Trinajstić information content (AvgIpc) is 2.76. The number of aliphatic hydroxyl groups excluding tert-OH is 2. The van der Waals surface area contributed by atoms with Crippen LogP contribution in [0.4, 0.5) is 0 Å². The second kappa shape index (κ2) is 19.4. The Balaban J connectivity index is 0.00000116. The summed E-state index contributed by atoms with van der Waals surface area (Å²) in [4.78, 5) is 0. The van der Waals surface area contributed by atoms with Gasteiger partial charge in [0.1, 0.15) is 36.9 Å². The van der Waals surface area contributed by atoms with Crippen LogP contribution in [0, 0.1) is 0 Å². The van der Waals surface area contributed by atoms with Crippen molar-refractivity contribution in [2.24, 2.45) is 0 Å². The lowest BCUT2D eigenvalue weighted by molar-refractivity contribution is 0.103. The molecular formula is C22H34Cl2N2O10S2. The van der Waals surface area contributed by atoms with Crippen LogP contribution in [0.2, 0.25) is 10.0 Å². The first-order chi connectivity index (χ1) is 17.5. The van der Waals surface area contributed by atoms with Gasteiger partial charge in [-0.3, -0.25) is 9.11 Å². The van der Waals surface area contributed by atoms with Crippen molar-refractivity contribution in [2.75, 3.05) is 51.9 Å². The van der Waals surface area contributed by atoms with E-state index in [1.165, 1.54) is 0 Å². The summed E-state index contributed by atoms with van der Waals surface area (Å²) in [5, 5.41) is 27.3. The summed E-state index contributed by atoms with van der Waals surface area (Å²) in [6, 6.07) is 14.1. The van der Waals surface area contributed by atoms with Gasteiger partial charge in [0.05, 0.1) is 12.5 Å². The number of benzene rings is 2. The maximum absolute atomic E-state index is 9.92. The van der Waals surface area contributed by atoms with E-state index >= 15 is 0 Å². The van der Waals surface area contributed by atoms with E-state index in [0.29, 0.717) is 60.2 Å². The van der Waals surface area contributed by atoms with Crippen molar-refractivity contribution in [3.05, 3.63) is 58.6 Å². The molecule has 0 amide bonds. The molecule has 218 valence electrons. The fourth-order valence-electron chi connectivity index (χ4n) is 2.33. The van der Waals surface area contributed by atoms with E-state index in [2.05, 4.69) is 10.6 Å². The van der Waals surface area contributed by atoms with E-state index in [9.17, 15) is 27.0 Å². The third kappa shape index (κ3) is 27.3. The van der Waals surface area contributed by atoms with Crippen LogP contribution >= 0.6 is 23.2 Å². The summed E-state index contributed by atoms with van der Waals surface area (Å²) in [6.07, 6.45) is 0.173. The number of ether oxygens (including phenoxy) is 2. The van der Waals surface area contributed by atoms with Crippen LogP contribution in [-0.2, 0) is 20.2 Å². The van der Waals surface area contributed by atoms with Crippen molar-refractivity contribution in [1.82, 2.24) is 10.6 Å². The summed E-state index contributed by atoms with van der Waals surface area (Å²) < 4.78 is 62.7. The highest BCUT2D eigenvalue weighted by Crippen LogP contribution is 2.18. The molecule has 0 fully saturated rings. The molecule has 0 aliphatic heterocycles. The van der Waals surface area contributed by atoms with Crippen molar-refractivity contribution >= 4 is 43.4 Å². The van der Waals surface area contributed by atoms with Gasteiger partial charge >= 0.3 is 0 Å². The molecule has 2 rings (SSSR count). The second-order valence-electron chi connectivity index (χ2n) is 7.72. The lowest BCUT2D eigenvalue weighted by atomic mass is 10.3. The number of halogens is 2. The van der Waals surface area contributed by atoms with Gasteiger partial charge in [-0.25, -0.2) is 0 Å². The van der Waals surface area contributed by atoms with Crippen LogP contribution < -0.4 is 20.1 Å². The first-order valence-electron chi connectivity index (χ1n) is 10.9. The molecule has 0 aliphatic rings. The van der Waals surface area contributed by atoms with E-state index in [-0.39, 0.29) is 13.2 Å². The smallest absolute Gasteiger partial charge is 0.261 e. The van der Waals surface area contributed by atoms with Crippen molar-refractivity contribution in [2.45, 2.75) is 12.2 Å². The van der Waals surface area contributed by atoms with E-state index in [1.807, 2.05) is 0 Å². The zero-order chi connectivity index (χ0) is 29.2. The van der Waals surface area contributed by atoms with Gasteiger partial charge in [-0.1, -0.05) is 35.3 Å². The maximum Gasteiger partial charge on any atom is 0.261 e. The summed E-state index contributed by atoms with van der Waals surface area (Å²) in [6.45, 7) is 2.47. The molecule has 2 atom stereocenters. The Morgan fingerprint density at radius 3 is 1.34 bits per heavy atom. The predicted molar refractivity (Wildman–Crippen MR) is 147 cm³/mol. The predicted octanol–water partition coefficient (Wildman–Crippen LogP) is 1.36. The van der Waals surface area contributed by atoms with E-state index in [4.69, 9.17) is 41.8 Å². The number of aliphatic hydroxyl groups is 2. The van der Waals surface area contributed by atoms with Gasteiger partial charge in [0, 0.05) is 36.2 Å². The third-order valence-corrected chi connectivity index (χ3v) is 4.19. The Morgan fingerprint density at radius 1 is 0.737 bits per heavy atom. The minimum atomic E-state index is -3.67. The Kier molecular flexibility index (Phi) is 18.5. The highest BCUT2D eigenvalue weighted by atomic mass is 35.5. The van der Waals surface area contributed by atoms with E-state index < -0.39 is 32.4 Å². The molecule has 16 heteroatoms. The third-order valence-electron chi connectivity index (χ3n) is 3.72. The van der Waals surface area contributed by atoms with Crippen molar-refractivity contribution in [3.8, 4) is 11.5 Å². The van der Waals surface area contributed by atoms with Gasteiger partial charge in [-0.15, -0.1) is 0 Å². The monoisotopic (exact) mass is 620 g/mol. The van der Waals surface area contributed by atoms with Crippen molar-refractivity contribution in [1.29, 1.82) is 0 Å². The van der Waals surface area contributed by atoms with Gasteiger partial charge in [-0.05, 0) is 36.4 Å². The molecule has 0 aliphatic carbocycles. The minimum absolute atomic E-state index is 0.181. The molecule has 12 nitrogen and oxygen atoms in total. The standard InChI is InChI=1S/C20H26Cl2N2O4.2CH4O3S/c21-15-3-1-5-19(9-15)27-13-17(25)11-23-7-8-24-12-18(26)14-28-20-6-2-4-16(22)10-20;2*1-5(2,3)4/h1-6,9-10,17-18,23-26H,7-8,11-14H2;2*1H3,(H,2,3,4). The molecule has 6 N–H and O–H groups in total. The van der Waals surface area contributed by atoms with E-state index in [0.717, 1.165) is 0 Å². The quantitative estimate of drug-likeness (QED) is 0.139. The molecule has 0 aromatic heterocycles. The topological polar surface area (TPSA) is 192 Å². The Hall–Kier alpha value is -1.72. The number of hydrogen-bond acceptors (Lipinski definition) is 10. The lowest BCUT2D eigenvalue weighted by Gasteiger charge is -2.15. The second-order valence-corrected chi connectivity index (χ2v) is 11.5. The van der Waals surface area contributed by atoms with Gasteiger partial charge < -0.3 is 30.3 Å². The number of nitrogens with one attached hydrogen (secondary N) is 2. The molecule has 38 heavy (non-hydrogen) atoms. The molecule has 0 heterocycles. The van der Waals surface area contributed by atoms with Gasteiger partial charge in [0.2, 0.25) is 0 Å². The first kappa shape index (κ1) is 36.3. The Labute approximate surface area is 233 Å². The molecular weight excluding hydrogens is 587 g/mol. The van der Waals surface area contributed by atoms with Crippen LogP contribution in [0.25, 0.3) is 0 Å². The maximum atomic E-state index is 9.92. The summed E-state index contributed by atoms with van der Waals surface area (Å²) >= 11 is 11.8. The molecule has 0 spiro atoms. The largest absolute Gasteiger partial charge is 0.491 e. The summed E-state index contributed by atoms with van der Waals surface area (Å²) in [7, 11) is -7.33. The zero-order valence-corrected chi connectivity index (χ0v) is 24.0. The van der Waals surface area contributed by atoms with Crippen LogP contribution in [0.5, 0.6) is 11.5 Å². The Morgan fingerprint density at radius 2 is 1.05 bits per heavy atom. The molecule has 0 radical (unpaired) electrons. The highest BCUT2D eigenvalue weighted by Gasteiger charge is 2.07. The fraction of sp³-hybridized carbons (Fsp3) is 0.455. The van der Waals surface area contributed by atoms with Crippen LogP contribution in [0.1, 0.15) is 0 Å². The SMILES string of the molecule is CS(=O)(=O)O.CS(=O)(=O)O.OC(CNCCNCC(O)COc1cccc(Cl)c1)COc1cccc(Cl)c1. The first-order valence-corrected chi connectivity index (χ1v) is 15.4. The van der Waals surface area contributed by atoms with E-state index in [1.54, 1.807) is 48.5 Å². The highest BCUT2D eigenvalue weighted by molar-refractivity contribution is 7.85. The molecule has 2 unspecified atom stereocenters. The van der Waals surface area contributed by atoms with Crippen molar-refractivity contribution in [3.63, 3.8) is 0 Å². The molecule has 2 aromatic carbocycles. The Bertz CT molecular complexity index is 1030. The fourth-order valence-corrected chi connectivity index (χ4v) is 2.69. The van der Waals surface area contributed by atoms with Crippen LogP contribution in [0.15, 0.2) is 48.5 Å². The van der Waals surface area contributed by atoms with Gasteiger partial charge in [0.15, 0.2) is 0 Å². The lowest BCUT2D eigenvalue weighted by Crippen LogP contribution is -2.38. The zero-order valence-electron chi connectivity index (χ0n) is 20.8. The molecule has 2 aromatic rings. The minimum Gasteiger partial charge on any atom is -0.491 e. The average molecular weight is 622 g/mol. The van der Waals surface area contributed by atoms with Crippen molar-refractivity contribution < 1.29 is 45.6 Å². The normalized spacial score (nSPS) is 12.7. The van der Waals surface area contributed by atoms with Crippen LogP contribution in [-0.4, -0.2) is 100 Å². The summed E-state index contributed by atoms with van der Waals surface area (Å²) in [5.74, 6) is 1.25. The number of rotatable bonds is 13. The van der Waals surface area contributed by atoms with Crippen LogP contribution in [0.3, 0.4) is 0 Å². The molecule has 0 bridgehead atoms. The van der Waals surface area contributed by atoms with Gasteiger partial charge in [-0.2, -0.15) is 16.8 Å². The molecule has 0 saturated carbocycles. The number of hydrogen-bond donors (Lipinski definition) is 6.